The van der Waals surface area contributed by atoms with Crippen molar-refractivity contribution in [1.82, 2.24) is 25.4 Å². The standard InChI is InChI=1S/C19H18ClN5O2S/c1-2-21-18(27)22-16(26)12-28-19-24-23-17(13-8-10-14(20)11-9-13)25(19)15-6-4-3-5-7-15/h3-11H,2,12H2,1H3,(H2,21,22,26,27). The lowest BCUT2D eigenvalue weighted by atomic mass is 10.2. The molecule has 3 aromatic rings. The number of nitrogens with zero attached hydrogens (tertiary/aromatic N) is 3. The van der Waals surface area contributed by atoms with E-state index in [1.165, 1.54) is 11.8 Å². The first kappa shape index (κ1) is 19.9. The third-order valence-electron chi connectivity index (χ3n) is 3.67. The number of nitrogens with one attached hydrogen (secondary N) is 2. The Labute approximate surface area is 171 Å². The molecule has 144 valence electrons. The third-order valence-corrected chi connectivity index (χ3v) is 4.85. The molecule has 1 aromatic heterocycles. The summed E-state index contributed by atoms with van der Waals surface area (Å²) in [4.78, 5) is 23.5. The molecular weight excluding hydrogens is 398 g/mol. The highest BCUT2D eigenvalue weighted by Crippen LogP contribution is 2.28. The van der Waals surface area contributed by atoms with Gasteiger partial charge in [-0.3, -0.25) is 14.7 Å². The number of benzene rings is 2. The molecule has 1 heterocycles. The van der Waals surface area contributed by atoms with E-state index in [0.717, 1.165) is 11.3 Å². The van der Waals surface area contributed by atoms with E-state index in [1.54, 1.807) is 19.1 Å². The van der Waals surface area contributed by atoms with Crippen molar-refractivity contribution < 1.29 is 9.59 Å². The van der Waals surface area contributed by atoms with Gasteiger partial charge in [0.05, 0.1) is 5.75 Å². The van der Waals surface area contributed by atoms with Gasteiger partial charge in [0.1, 0.15) is 0 Å². The Balaban J connectivity index is 1.86. The Morgan fingerprint density at radius 2 is 1.79 bits per heavy atom. The van der Waals surface area contributed by atoms with Crippen LogP contribution in [0.3, 0.4) is 0 Å². The molecule has 0 aliphatic heterocycles. The average molecular weight is 416 g/mol. The molecule has 2 aromatic carbocycles. The Morgan fingerprint density at radius 3 is 2.46 bits per heavy atom. The maximum absolute atomic E-state index is 12.0. The van der Waals surface area contributed by atoms with Crippen molar-refractivity contribution in [3.8, 4) is 17.1 Å². The number of carbonyl (C=O) groups excluding carboxylic acids is 2. The number of hydrogen-bond acceptors (Lipinski definition) is 5. The normalized spacial score (nSPS) is 10.5. The molecule has 0 radical (unpaired) electrons. The number of rotatable bonds is 6. The van der Waals surface area contributed by atoms with E-state index in [2.05, 4.69) is 20.8 Å². The summed E-state index contributed by atoms with van der Waals surface area (Å²) in [5.74, 6) is 0.254. The van der Waals surface area contributed by atoms with Gasteiger partial charge >= 0.3 is 6.03 Å². The number of imide groups is 1. The van der Waals surface area contributed by atoms with E-state index >= 15 is 0 Å². The SMILES string of the molecule is CCNC(=O)NC(=O)CSc1nnc(-c2ccc(Cl)cc2)n1-c1ccccc1. The molecular formula is C19H18ClN5O2S. The first-order chi connectivity index (χ1) is 13.6. The van der Waals surface area contributed by atoms with Crippen LogP contribution in [0, 0.1) is 0 Å². The van der Waals surface area contributed by atoms with Crippen molar-refractivity contribution in [1.29, 1.82) is 0 Å². The summed E-state index contributed by atoms with van der Waals surface area (Å²) in [6.45, 7) is 2.22. The topological polar surface area (TPSA) is 88.9 Å². The maximum atomic E-state index is 12.0. The van der Waals surface area contributed by atoms with Crippen LogP contribution in [0.5, 0.6) is 0 Å². The Bertz CT molecular complexity index is 960. The van der Waals surface area contributed by atoms with Gasteiger partial charge in [0, 0.05) is 22.8 Å². The molecule has 7 nitrogen and oxygen atoms in total. The lowest BCUT2D eigenvalue weighted by molar-refractivity contribution is -0.117. The predicted molar refractivity (Wildman–Crippen MR) is 110 cm³/mol. The van der Waals surface area contributed by atoms with E-state index in [9.17, 15) is 9.59 Å². The second-order valence-corrected chi connectivity index (χ2v) is 7.06. The van der Waals surface area contributed by atoms with Crippen LogP contribution in [0.2, 0.25) is 5.02 Å². The minimum Gasteiger partial charge on any atom is -0.338 e. The summed E-state index contributed by atoms with van der Waals surface area (Å²) in [6, 6.07) is 16.4. The number of halogens is 1. The largest absolute Gasteiger partial charge is 0.338 e. The molecule has 0 unspecified atom stereocenters. The predicted octanol–water partition coefficient (Wildman–Crippen LogP) is 3.53. The summed E-state index contributed by atoms with van der Waals surface area (Å²) in [5, 5.41) is 14.5. The Kier molecular flexibility index (Phi) is 6.67. The van der Waals surface area contributed by atoms with Gasteiger partial charge in [0.2, 0.25) is 5.91 Å². The van der Waals surface area contributed by atoms with E-state index in [-0.39, 0.29) is 5.75 Å². The van der Waals surface area contributed by atoms with Crippen molar-refractivity contribution in [2.45, 2.75) is 12.1 Å². The molecule has 0 aliphatic carbocycles. The van der Waals surface area contributed by atoms with Crippen LogP contribution in [0.1, 0.15) is 6.92 Å². The van der Waals surface area contributed by atoms with Crippen molar-refractivity contribution >= 4 is 35.3 Å². The fourth-order valence-electron chi connectivity index (χ4n) is 2.46. The monoisotopic (exact) mass is 415 g/mol. The third kappa shape index (κ3) is 4.90. The van der Waals surface area contributed by atoms with Crippen molar-refractivity contribution in [2.24, 2.45) is 0 Å². The maximum Gasteiger partial charge on any atom is 0.321 e. The van der Waals surface area contributed by atoms with Crippen LogP contribution >= 0.6 is 23.4 Å². The molecule has 0 saturated carbocycles. The van der Waals surface area contributed by atoms with Gasteiger partial charge in [-0.2, -0.15) is 0 Å². The van der Waals surface area contributed by atoms with Gasteiger partial charge in [-0.15, -0.1) is 10.2 Å². The zero-order chi connectivity index (χ0) is 19.9. The summed E-state index contributed by atoms with van der Waals surface area (Å²) >= 11 is 7.19. The molecule has 0 bridgehead atoms. The Morgan fingerprint density at radius 1 is 1.07 bits per heavy atom. The second kappa shape index (κ2) is 9.38. The van der Waals surface area contributed by atoms with Crippen LogP contribution in [-0.4, -0.2) is 39.0 Å². The lowest BCUT2D eigenvalue weighted by Crippen LogP contribution is -2.40. The number of amides is 3. The number of carbonyl (C=O) groups is 2. The minimum atomic E-state index is -0.514. The molecule has 0 atom stereocenters. The molecule has 9 heteroatoms. The van der Waals surface area contributed by atoms with Crippen molar-refractivity contribution in [2.75, 3.05) is 12.3 Å². The van der Waals surface area contributed by atoms with Gasteiger partial charge < -0.3 is 5.32 Å². The molecule has 2 N–H and O–H groups in total. The average Bonchev–Trinajstić information content (AvgIpc) is 3.12. The smallest absolute Gasteiger partial charge is 0.321 e. The molecule has 3 rings (SSSR count). The first-order valence-corrected chi connectivity index (χ1v) is 9.92. The van der Waals surface area contributed by atoms with Gasteiger partial charge in [-0.25, -0.2) is 4.79 Å². The summed E-state index contributed by atoms with van der Waals surface area (Å²) in [7, 11) is 0. The van der Waals surface area contributed by atoms with Crippen molar-refractivity contribution in [3.63, 3.8) is 0 Å². The number of urea groups is 1. The summed E-state index contributed by atoms with van der Waals surface area (Å²) in [5.41, 5.74) is 1.71. The first-order valence-electron chi connectivity index (χ1n) is 8.55. The second-order valence-electron chi connectivity index (χ2n) is 5.68. The number of thioether (sulfide) groups is 1. The molecule has 3 amide bonds. The fraction of sp³-hybridized carbons (Fsp3) is 0.158. The number of hydrogen-bond donors (Lipinski definition) is 2. The zero-order valence-electron chi connectivity index (χ0n) is 15.1. The summed E-state index contributed by atoms with van der Waals surface area (Å²) in [6.07, 6.45) is 0. The minimum absolute atomic E-state index is 0.0305. The van der Waals surface area contributed by atoms with Crippen LogP contribution in [0.15, 0.2) is 59.8 Å². The molecule has 0 fully saturated rings. The van der Waals surface area contributed by atoms with Crippen LogP contribution < -0.4 is 10.6 Å². The van der Waals surface area contributed by atoms with Crippen molar-refractivity contribution in [3.05, 3.63) is 59.6 Å². The van der Waals surface area contributed by atoms with E-state index in [0.29, 0.717) is 22.5 Å². The molecule has 0 aliphatic rings. The highest BCUT2D eigenvalue weighted by Gasteiger charge is 2.17. The fourth-order valence-corrected chi connectivity index (χ4v) is 3.33. The van der Waals surface area contributed by atoms with Gasteiger partial charge in [-0.1, -0.05) is 41.6 Å². The van der Waals surface area contributed by atoms with E-state index in [1.807, 2.05) is 47.0 Å². The Hall–Kier alpha value is -2.84. The lowest BCUT2D eigenvalue weighted by Gasteiger charge is -2.10. The zero-order valence-corrected chi connectivity index (χ0v) is 16.6. The molecule has 0 saturated heterocycles. The van der Waals surface area contributed by atoms with Gasteiger partial charge in [0.15, 0.2) is 11.0 Å². The van der Waals surface area contributed by atoms with Crippen LogP contribution in [0.25, 0.3) is 17.1 Å². The highest BCUT2D eigenvalue weighted by molar-refractivity contribution is 7.99. The van der Waals surface area contributed by atoms with E-state index in [4.69, 9.17) is 11.6 Å². The highest BCUT2D eigenvalue weighted by atomic mass is 35.5. The van der Waals surface area contributed by atoms with Gasteiger partial charge in [-0.05, 0) is 43.3 Å². The number of para-hydroxylation sites is 1. The quantitative estimate of drug-likeness (QED) is 0.601. The summed E-state index contributed by atoms with van der Waals surface area (Å²) < 4.78 is 1.87. The van der Waals surface area contributed by atoms with Crippen LogP contribution in [-0.2, 0) is 4.79 Å². The molecule has 0 spiro atoms. The van der Waals surface area contributed by atoms with Crippen LogP contribution in [0.4, 0.5) is 4.79 Å². The van der Waals surface area contributed by atoms with E-state index < -0.39 is 11.9 Å². The van der Waals surface area contributed by atoms with Gasteiger partial charge in [0.25, 0.3) is 0 Å². The number of aromatic nitrogens is 3. The molecule has 28 heavy (non-hydrogen) atoms.